The van der Waals surface area contributed by atoms with E-state index in [1.165, 1.54) is 61.5 Å². The first kappa shape index (κ1) is 20.6. The predicted molar refractivity (Wildman–Crippen MR) is 157 cm³/mol. The molecule has 5 aromatic carbocycles. The molecule has 4 aliphatic heterocycles. The summed E-state index contributed by atoms with van der Waals surface area (Å²) in [7, 11) is 0. The van der Waals surface area contributed by atoms with E-state index in [9.17, 15) is 0 Å². The third-order valence-electron chi connectivity index (χ3n) is 9.03. The van der Waals surface area contributed by atoms with Gasteiger partial charge in [0.2, 0.25) is 0 Å². The Labute approximate surface area is 223 Å². The lowest BCUT2D eigenvalue weighted by atomic mass is 9.42. The third kappa shape index (κ3) is 2.29. The number of ether oxygens (including phenoxy) is 1. The highest BCUT2D eigenvalue weighted by atomic mass is 16.5. The van der Waals surface area contributed by atoms with Gasteiger partial charge in [0.25, 0.3) is 0 Å². The number of aryl methyl sites for hydroxylation is 1. The summed E-state index contributed by atoms with van der Waals surface area (Å²) in [5, 5.41) is 0. The van der Waals surface area contributed by atoms with E-state index in [0.29, 0.717) is 0 Å². The average molecular weight is 488 g/mol. The molecule has 4 heteroatoms. The molecule has 4 aliphatic rings. The molecule has 5 aromatic rings. The largest absolute Gasteiger partial charge is 0.453 e. The molecule has 0 N–H and O–H groups in total. The summed E-state index contributed by atoms with van der Waals surface area (Å²) in [6.07, 6.45) is 0. The molecule has 0 radical (unpaired) electrons. The molecule has 0 atom stereocenters. The van der Waals surface area contributed by atoms with Crippen molar-refractivity contribution in [3.63, 3.8) is 0 Å². The molecule has 0 amide bonds. The van der Waals surface area contributed by atoms with Crippen LogP contribution in [0.1, 0.15) is 30.5 Å². The molecule has 0 unspecified atom stereocenters. The number of nitrogens with zero attached hydrogens (tertiary/aromatic N) is 2. The zero-order chi connectivity index (χ0) is 25.3. The average Bonchev–Trinajstić information content (AvgIpc) is 2.93. The number of hydrogen-bond acceptors (Lipinski definition) is 3. The quantitative estimate of drug-likeness (QED) is 0.211. The Morgan fingerprint density at radius 2 is 1.39 bits per heavy atom. The van der Waals surface area contributed by atoms with Crippen LogP contribution >= 0.6 is 0 Å². The highest BCUT2D eigenvalue weighted by molar-refractivity contribution is 6.93. The monoisotopic (exact) mass is 488 g/mol. The molecular weight excluding hydrogens is 463 g/mol. The van der Waals surface area contributed by atoms with E-state index in [0.717, 1.165) is 17.2 Å². The molecule has 4 heterocycles. The molecular formula is C34H25BN2O. The first-order chi connectivity index (χ1) is 18.5. The van der Waals surface area contributed by atoms with Gasteiger partial charge in [0.1, 0.15) is 5.75 Å². The van der Waals surface area contributed by atoms with Gasteiger partial charge in [-0.25, -0.2) is 0 Å². The van der Waals surface area contributed by atoms with E-state index in [1.54, 1.807) is 0 Å². The van der Waals surface area contributed by atoms with Gasteiger partial charge in [0.15, 0.2) is 5.75 Å². The number of benzene rings is 5. The van der Waals surface area contributed by atoms with E-state index in [4.69, 9.17) is 4.74 Å². The number of rotatable bonds is 0. The third-order valence-corrected chi connectivity index (χ3v) is 9.03. The first-order valence-corrected chi connectivity index (χ1v) is 13.4. The summed E-state index contributed by atoms with van der Waals surface area (Å²) in [4.78, 5) is 5.10. The summed E-state index contributed by atoms with van der Waals surface area (Å²) in [6.45, 7) is 7.01. The normalized spacial score (nSPS) is 16.0. The molecule has 0 saturated carbocycles. The molecule has 0 aromatic heterocycles. The second-order valence-electron chi connectivity index (χ2n) is 11.5. The summed E-state index contributed by atoms with van der Waals surface area (Å²) in [5.74, 6) is 1.83. The summed E-state index contributed by atoms with van der Waals surface area (Å²) < 4.78 is 6.50. The van der Waals surface area contributed by atoms with Crippen LogP contribution < -0.4 is 25.4 Å². The fraction of sp³-hybridized carbons (Fsp3) is 0.118. The minimum atomic E-state index is -0.108. The smallest absolute Gasteiger partial charge is 0.333 e. The molecule has 38 heavy (non-hydrogen) atoms. The van der Waals surface area contributed by atoms with Crippen LogP contribution in [0.25, 0.3) is 11.1 Å². The second-order valence-corrected chi connectivity index (χ2v) is 11.5. The first-order valence-electron chi connectivity index (χ1n) is 13.4. The van der Waals surface area contributed by atoms with Crippen LogP contribution in [-0.4, -0.2) is 6.85 Å². The second kappa shape index (κ2) is 6.70. The zero-order valence-electron chi connectivity index (χ0n) is 21.6. The lowest BCUT2D eigenvalue weighted by Crippen LogP contribution is -2.63. The van der Waals surface area contributed by atoms with E-state index >= 15 is 0 Å². The highest BCUT2D eigenvalue weighted by Gasteiger charge is 2.50. The zero-order valence-corrected chi connectivity index (χ0v) is 21.6. The van der Waals surface area contributed by atoms with Crippen LogP contribution in [0.5, 0.6) is 11.5 Å². The molecule has 3 nitrogen and oxygen atoms in total. The standard InChI is InChI=1S/C34H25BN2O/c1-20-18-22-21-10-8-17-30-32(21)37(27-15-6-7-16-29(27)38-30)35-25-13-9-12-24-33(25)36(28(19-20)31(22)35)26-14-5-4-11-23(26)34(24,2)3/h4-19H,1-3H3. The molecule has 0 aliphatic carbocycles. The van der Waals surface area contributed by atoms with Crippen molar-refractivity contribution in [1.82, 2.24) is 0 Å². The van der Waals surface area contributed by atoms with Crippen molar-refractivity contribution in [2.45, 2.75) is 26.2 Å². The number of para-hydroxylation sites is 5. The van der Waals surface area contributed by atoms with E-state index in [1.807, 2.05) is 0 Å². The van der Waals surface area contributed by atoms with Crippen LogP contribution in [0.3, 0.4) is 0 Å². The molecule has 0 spiro atoms. The van der Waals surface area contributed by atoms with Gasteiger partial charge in [0.05, 0.1) is 17.1 Å². The van der Waals surface area contributed by atoms with Crippen LogP contribution in [0.2, 0.25) is 0 Å². The van der Waals surface area contributed by atoms with Crippen molar-refractivity contribution in [2.24, 2.45) is 0 Å². The molecule has 9 rings (SSSR count). The van der Waals surface area contributed by atoms with E-state index in [2.05, 4.69) is 128 Å². The molecule has 0 fully saturated rings. The van der Waals surface area contributed by atoms with E-state index in [-0.39, 0.29) is 12.3 Å². The van der Waals surface area contributed by atoms with Gasteiger partial charge in [-0.1, -0.05) is 80.6 Å². The van der Waals surface area contributed by atoms with Crippen molar-refractivity contribution < 1.29 is 4.74 Å². The SMILES string of the molecule is Cc1cc2c3c(c1)N1c4ccccc4C(C)(C)c4cccc(c41)B3N1c3ccccc3Oc3cccc-2c31. The van der Waals surface area contributed by atoms with Gasteiger partial charge in [-0.2, -0.15) is 0 Å². The van der Waals surface area contributed by atoms with Gasteiger partial charge in [-0.15, -0.1) is 0 Å². The van der Waals surface area contributed by atoms with Gasteiger partial charge in [-0.05, 0) is 70.4 Å². The Kier molecular flexibility index (Phi) is 3.64. The molecule has 0 bridgehead atoms. The summed E-state index contributed by atoms with van der Waals surface area (Å²) in [6, 6.07) is 35.6. The Hall–Kier alpha value is -4.44. The van der Waals surface area contributed by atoms with Gasteiger partial charge >= 0.3 is 6.85 Å². The lowest BCUT2D eigenvalue weighted by molar-refractivity contribution is 0.478. The van der Waals surface area contributed by atoms with Crippen LogP contribution in [-0.2, 0) is 5.41 Å². The summed E-state index contributed by atoms with van der Waals surface area (Å²) in [5.41, 5.74) is 15.4. The Balaban J connectivity index is 1.47. The number of hydrogen-bond donors (Lipinski definition) is 0. The fourth-order valence-corrected chi connectivity index (χ4v) is 7.47. The minimum absolute atomic E-state index is 0.0477. The maximum absolute atomic E-state index is 6.50. The minimum Gasteiger partial charge on any atom is -0.453 e. The van der Waals surface area contributed by atoms with Gasteiger partial charge in [-0.3, -0.25) is 0 Å². The molecule has 180 valence electrons. The van der Waals surface area contributed by atoms with Crippen LogP contribution in [0, 0.1) is 6.92 Å². The van der Waals surface area contributed by atoms with Crippen molar-refractivity contribution in [2.75, 3.05) is 9.71 Å². The Bertz CT molecular complexity index is 1870. The van der Waals surface area contributed by atoms with Crippen molar-refractivity contribution in [3.8, 4) is 22.6 Å². The van der Waals surface area contributed by atoms with Gasteiger partial charge < -0.3 is 14.4 Å². The van der Waals surface area contributed by atoms with Crippen molar-refractivity contribution in [1.29, 1.82) is 0 Å². The Morgan fingerprint density at radius 3 is 2.29 bits per heavy atom. The van der Waals surface area contributed by atoms with Gasteiger partial charge in [0, 0.05) is 22.4 Å². The van der Waals surface area contributed by atoms with Crippen LogP contribution in [0.15, 0.2) is 97.1 Å². The van der Waals surface area contributed by atoms with E-state index < -0.39 is 0 Å². The highest BCUT2D eigenvalue weighted by Crippen LogP contribution is 2.57. The topological polar surface area (TPSA) is 15.7 Å². The maximum Gasteiger partial charge on any atom is 0.333 e. The van der Waals surface area contributed by atoms with Crippen LogP contribution in [0.4, 0.5) is 28.4 Å². The summed E-state index contributed by atoms with van der Waals surface area (Å²) >= 11 is 0. The van der Waals surface area contributed by atoms with Crippen molar-refractivity contribution >= 4 is 46.2 Å². The maximum atomic E-state index is 6.50. The fourth-order valence-electron chi connectivity index (χ4n) is 7.47. The predicted octanol–water partition coefficient (Wildman–Crippen LogP) is 7.45. The number of fused-ring (bicyclic) bond motifs is 8. The molecule has 0 saturated heterocycles. The lowest BCUT2D eigenvalue weighted by Gasteiger charge is -2.51. The number of anilines is 5. The van der Waals surface area contributed by atoms with Crippen molar-refractivity contribution in [3.05, 3.63) is 114 Å². The Morgan fingerprint density at radius 1 is 0.658 bits per heavy atom.